The van der Waals surface area contributed by atoms with Crippen LogP contribution in [0.25, 0.3) is 11.4 Å². The van der Waals surface area contributed by atoms with Gasteiger partial charge in [-0.05, 0) is 49.7 Å². The van der Waals surface area contributed by atoms with Crippen LogP contribution in [0.4, 0.5) is 0 Å². The number of aromatic nitrogens is 2. The van der Waals surface area contributed by atoms with Crippen LogP contribution in [-0.4, -0.2) is 48.8 Å². The van der Waals surface area contributed by atoms with E-state index in [1.807, 2.05) is 36.5 Å². The Bertz CT molecular complexity index is 630. The lowest BCUT2D eigenvalue weighted by Crippen LogP contribution is -2.27. The number of nitrogens with zero attached hydrogens (tertiary/aromatic N) is 3. The quantitative estimate of drug-likeness (QED) is 0.820. The summed E-state index contributed by atoms with van der Waals surface area (Å²) in [5.41, 5.74) is 2.11. The van der Waals surface area contributed by atoms with Gasteiger partial charge >= 0.3 is 0 Å². The third-order valence-electron chi connectivity index (χ3n) is 4.31. The normalized spacial score (nSPS) is 18.3. The topological polar surface area (TPSA) is 47.5 Å². The predicted octanol–water partition coefficient (Wildman–Crippen LogP) is 2.94. The van der Waals surface area contributed by atoms with Crippen molar-refractivity contribution in [2.45, 2.75) is 18.9 Å². The van der Waals surface area contributed by atoms with Crippen molar-refractivity contribution in [2.75, 3.05) is 33.9 Å². The summed E-state index contributed by atoms with van der Waals surface area (Å²) in [6.45, 7) is 2.81. The zero-order chi connectivity index (χ0) is 16.1. The third kappa shape index (κ3) is 3.68. The maximum Gasteiger partial charge on any atom is 0.159 e. The maximum atomic E-state index is 5.22. The van der Waals surface area contributed by atoms with E-state index in [0.29, 0.717) is 6.04 Å². The van der Waals surface area contributed by atoms with Crippen LogP contribution in [0.2, 0.25) is 0 Å². The van der Waals surface area contributed by atoms with Gasteiger partial charge in [0, 0.05) is 25.4 Å². The highest BCUT2D eigenvalue weighted by molar-refractivity contribution is 5.56. The molecule has 1 aliphatic rings. The molecule has 1 fully saturated rings. The summed E-state index contributed by atoms with van der Waals surface area (Å²) >= 11 is 0. The maximum absolute atomic E-state index is 5.22. The second kappa shape index (κ2) is 7.53. The summed E-state index contributed by atoms with van der Waals surface area (Å²) in [5.74, 6) is 1.61. The minimum absolute atomic E-state index is 0.366. The first-order chi connectivity index (χ1) is 11.3. The average Bonchev–Trinajstić information content (AvgIpc) is 3.08. The molecule has 0 spiro atoms. The molecule has 0 N–H and O–H groups in total. The van der Waals surface area contributed by atoms with Crippen molar-refractivity contribution in [1.29, 1.82) is 0 Å². The van der Waals surface area contributed by atoms with Crippen molar-refractivity contribution in [3.05, 3.63) is 42.2 Å². The molecule has 1 aromatic heterocycles. The fraction of sp³-hybridized carbons (Fsp3) is 0.444. The van der Waals surface area contributed by atoms with Crippen LogP contribution in [-0.2, 0) is 4.74 Å². The van der Waals surface area contributed by atoms with Crippen molar-refractivity contribution < 1.29 is 9.47 Å². The summed E-state index contributed by atoms with van der Waals surface area (Å²) in [6.07, 6.45) is 4.20. The second-order valence-electron chi connectivity index (χ2n) is 5.72. The first kappa shape index (κ1) is 15.9. The largest absolute Gasteiger partial charge is 0.497 e. The Morgan fingerprint density at radius 3 is 2.74 bits per heavy atom. The second-order valence-corrected chi connectivity index (χ2v) is 5.72. The van der Waals surface area contributed by atoms with E-state index in [0.717, 1.165) is 48.9 Å². The van der Waals surface area contributed by atoms with Gasteiger partial charge in [0.05, 0.1) is 25.5 Å². The van der Waals surface area contributed by atoms with Gasteiger partial charge in [-0.3, -0.25) is 4.90 Å². The highest BCUT2D eigenvalue weighted by atomic mass is 16.5. The Morgan fingerprint density at radius 1 is 1.17 bits per heavy atom. The standard InChI is InChI=1S/C18H23N3O2/c1-22-13-12-21-11-3-4-17(21)16-9-10-19-18(20-16)14-5-7-15(23-2)8-6-14/h5-10,17H,3-4,11-13H2,1-2H3. The van der Waals surface area contributed by atoms with Crippen molar-refractivity contribution in [2.24, 2.45) is 0 Å². The number of benzene rings is 1. The lowest BCUT2D eigenvalue weighted by Gasteiger charge is -2.23. The molecule has 1 atom stereocenters. The van der Waals surface area contributed by atoms with Crippen LogP contribution in [0.15, 0.2) is 36.5 Å². The predicted molar refractivity (Wildman–Crippen MR) is 89.4 cm³/mol. The highest BCUT2D eigenvalue weighted by Gasteiger charge is 2.26. The zero-order valence-corrected chi connectivity index (χ0v) is 13.7. The lowest BCUT2D eigenvalue weighted by molar-refractivity contribution is 0.140. The zero-order valence-electron chi connectivity index (χ0n) is 13.7. The molecule has 23 heavy (non-hydrogen) atoms. The molecule has 0 bridgehead atoms. The van der Waals surface area contributed by atoms with Gasteiger partial charge in [0.25, 0.3) is 0 Å². The van der Waals surface area contributed by atoms with Gasteiger partial charge in [-0.15, -0.1) is 0 Å². The number of likely N-dealkylation sites (tertiary alicyclic amines) is 1. The van der Waals surface area contributed by atoms with Crippen LogP contribution in [0.1, 0.15) is 24.6 Å². The molecule has 122 valence electrons. The van der Waals surface area contributed by atoms with Gasteiger partial charge in [0.1, 0.15) is 5.75 Å². The molecule has 2 aromatic rings. The summed E-state index contributed by atoms with van der Waals surface area (Å²) in [6, 6.07) is 10.3. The third-order valence-corrected chi connectivity index (χ3v) is 4.31. The number of hydrogen-bond acceptors (Lipinski definition) is 5. The first-order valence-electron chi connectivity index (χ1n) is 8.02. The van der Waals surface area contributed by atoms with E-state index < -0.39 is 0 Å². The van der Waals surface area contributed by atoms with Gasteiger partial charge < -0.3 is 9.47 Å². The molecule has 0 saturated carbocycles. The fourth-order valence-electron chi connectivity index (χ4n) is 3.07. The van der Waals surface area contributed by atoms with E-state index in [4.69, 9.17) is 14.5 Å². The molecule has 5 nitrogen and oxygen atoms in total. The summed E-state index contributed by atoms with van der Waals surface area (Å²) in [5, 5.41) is 0. The minimum atomic E-state index is 0.366. The van der Waals surface area contributed by atoms with E-state index >= 15 is 0 Å². The van der Waals surface area contributed by atoms with Crippen LogP contribution >= 0.6 is 0 Å². The van der Waals surface area contributed by atoms with Crippen molar-refractivity contribution >= 4 is 0 Å². The number of rotatable bonds is 6. The van der Waals surface area contributed by atoms with Crippen LogP contribution in [0, 0.1) is 0 Å². The average molecular weight is 313 g/mol. The van der Waals surface area contributed by atoms with Gasteiger partial charge in [0.15, 0.2) is 5.82 Å². The fourth-order valence-corrected chi connectivity index (χ4v) is 3.07. The minimum Gasteiger partial charge on any atom is -0.497 e. The lowest BCUT2D eigenvalue weighted by atomic mass is 10.1. The molecular formula is C18H23N3O2. The Hall–Kier alpha value is -1.98. The molecule has 1 aliphatic heterocycles. The van der Waals surface area contributed by atoms with Gasteiger partial charge in [-0.1, -0.05) is 0 Å². The molecule has 1 saturated heterocycles. The number of hydrogen-bond donors (Lipinski definition) is 0. The van der Waals surface area contributed by atoms with Crippen molar-refractivity contribution in [3.8, 4) is 17.1 Å². The molecule has 5 heteroatoms. The molecule has 1 unspecified atom stereocenters. The van der Waals surface area contributed by atoms with Crippen LogP contribution < -0.4 is 4.74 Å². The Kier molecular flexibility index (Phi) is 5.20. The SMILES string of the molecule is COCCN1CCCC1c1ccnc(-c2ccc(OC)cc2)n1. The van der Waals surface area contributed by atoms with Gasteiger partial charge in [-0.2, -0.15) is 0 Å². The Balaban J connectivity index is 1.81. The molecule has 1 aromatic carbocycles. The number of methoxy groups -OCH3 is 2. The molecule has 2 heterocycles. The monoisotopic (exact) mass is 313 g/mol. The first-order valence-corrected chi connectivity index (χ1v) is 8.02. The van der Waals surface area contributed by atoms with Crippen molar-refractivity contribution in [3.63, 3.8) is 0 Å². The van der Waals surface area contributed by atoms with E-state index in [1.165, 1.54) is 6.42 Å². The highest BCUT2D eigenvalue weighted by Crippen LogP contribution is 2.31. The van der Waals surface area contributed by atoms with Crippen molar-refractivity contribution in [1.82, 2.24) is 14.9 Å². The van der Waals surface area contributed by atoms with E-state index in [1.54, 1.807) is 14.2 Å². The molecule has 3 rings (SSSR count). The van der Waals surface area contributed by atoms with Gasteiger partial charge in [0.2, 0.25) is 0 Å². The molecule has 0 radical (unpaired) electrons. The van der Waals surface area contributed by atoms with E-state index in [9.17, 15) is 0 Å². The summed E-state index contributed by atoms with van der Waals surface area (Å²) < 4.78 is 10.4. The molecular weight excluding hydrogens is 290 g/mol. The van der Waals surface area contributed by atoms with E-state index in [-0.39, 0.29) is 0 Å². The number of ether oxygens (including phenoxy) is 2. The molecule has 0 amide bonds. The van der Waals surface area contributed by atoms with Gasteiger partial charge in [-0.25, -0.2) is 9.97 Å². The summed E-state index contributed by atoms with van der Waals surface area (Å²) in [7, 11) is 3.42. The summed E-state index contributed by atoms with van der Waals surface area (Å²) in [4.78, 5) is 11.7. The Labute approximate surface area is 137 Å². The van der Waals surface area contributed by atoms with Crippen LogP contribution in [0.5, 0.6) is 5.75 Å². The molecule has 0 aliphatic carbocycles. The van der Waals surface area contributed by atoms with Crippen LogP contribution in [0.3, 0.4) is 0 Å². The Morgan fingerprint density at radius 2 is 2.00 bits per heavy atom. The van der Waals surface area contributed by atoms with E-state index in [2.05, 4.69) is 9.88 Å². The smallest absolute Gasteiger partial charge is 0.159 e.